The van der Waals surface area contributed by atoms with Gasteiger partial charge in [0.05, 0.1) is 12.7 Å². The number of rotatable bonds is 5. The van der Waals surface area contributed by atoms with Crippen molar-refractivity contribution in [2.24, 2.45) is 0 Å². The normalized spacial score (nSPS) is 10.3. The van der Waals surface area contributed by atoms with Crippen LogP contribution in [0.5, 0.6) is 0 Å². The van der Waals surface area contributed by atoms with Gasteiger partial charge in [0.2, 0.25) is 0 Å². The number of aryl methyl sites for hydroxylation is 1. The summed E-state index contributed by atoms with van der Waals surface area (Å²) in [5.74, 6) is -0.629. The molecular formula is C17H19FN2O2S2. The van der Waals surface area contributed by atoms with Gasteiger partial charge in [-0.3, -0.25) is 0 Å². The molecular weight excluding hydrogens is 347 g/mol. The topological polar surface area (TPSA) is 50.4 Å². The summed E-state index contributed by atoms with van der Waals surface area (Å²) in [4.78, 5) is 13.0. The second-order valence-corrected chi connectivity index (χ2v) is 6.87. The minimum Gasteiger partial charge on any atom is -0.465 e. The first-order chi connectivity index (χ1) is 11.4. The van der Waals surface area contributed by atoms with Crippen LogP contribution >= 0.6 is 23.6 Å². The minimum absolute atomic E-state index is 0.248. The first kappa shape index (κ1) is 18.4. The van der Waals surface area contributed by atoms with E-state index in [1.54, 1.807) is 12.1 Å². The van der Waals surface area contributed by atoms with Crippen LogP contribution in [0.1, 0.15) is 26.4 Å². The number of thiophene rings is 1. The Bertz CT molecular complexity index is 742. The number of carbonyl (C=O) groups is 1. The molecule has 0 aliphatic heterocycles. The lowest BCUT2D eigenvalue weighted by molar-refractivity contribution is 0.0601. The lowest BCUT2D eigenvalue weighted by Gasteiger charge is -2.10. The third kappa shape index (κ3) is 4.52. The summed E-state index contributed by atoms with van der Waals surface area (Å²) in [6.45, 7) is 4.44. The van der Waals surface area contributed by atoms with Crippen LogP contribution in [0.25, 0.3) is 0 Å². The summed E-state index contributed by atoms with van der Waals surface area (Å²) in [5, 5.41) is 7.26. The van der Waals surface area contributed by atoms with E-state index in [9.17, 15) is 9.18 Å². The molecule has 0 unspecified atom stereocenters. The highest BCUT2D eigenvalue weighted by Gasteiger charge is 2.20. The second-order valence-electron chi connectivity index (χ2n) is 5.24. The molecule has 0 radical (unpaired) electrons. The molecule has 0 aliphatic rings. The molecule has 2 N–H and O–H groups in total. The van der Waals surface area contributed by atoms with E-state index in [2.05, 4.69) is 10.6 Å². The standard InChI is InChI=1S/C17H19FN2O2S2/c1-10-11(2)24-15(14(10)16(21)22-3)20-17(23)19-9-8-12-4-6-13(18)7-5-12/h4-7H,8-9H2,1-3H3,(H2,19,20,23). The molecule has 128 valence electrons. The summed E-state index contributed by atoms with van der Waals surface area (Å²) in [5.41, 5.74) is 2.43. The Morgan fingerprint density at radius 3 is 2.58 bits per heavy atom. The van der Waals surface area contributed by atoms with Crippen molar-refractivity contribution in [2.75, 3.05) is 19.0 Å². The average molecular weight is 366 g/mol. The zero-order chi connectivity index (χ0) is 17.7. The van der Waals surface area contributed by atoms with E-state index in [1.807, 2.05) is 13.8 Å². The predicted molar refractivity (Wildman–Crippen MR) is 99.5 cm³/mol. The van der Waals surface area contributed by atoms with Gasteiger partial charge in [-0.05, 0) is 55.7 Å². The van der Waals surface area contributed by atoms with Crippen LogP contribution in [0.3, 0.4) is 0 Å². The summed E-state index contributed by atoms with van der Waals surface area (Å²) < 4.78 is 17.7. The van der Waals surface area contributed by atoms with Crippen molar-refractivity contribution in [3.05, 3.63) is 51.7 Å². The van der Waals surface area contributed by atoms with E-state index in [1.165, 1.54) is 30.6 Å². The third-order valence-electron chi connectivity index (χ3n) is 3.61. The van der Waals surface area contributed by atoms with Crippen molar-refractivity contribution in [3.8, 4) is 0 Å². The van der Waals surface area contributed by atoms with E-state index in [4.69, 9.17) is 17.0 Å². The highest BCUT2D eigenvalue weighted by atomic mass is 32.1. The molecule has 0 saturated heterocycles. The number of benzene rings is 1. The van der Waals surface area contributed by atoms with Gasteiger partial charge in [0.1, 0.15) is 10.8 Å². The van der Waals surface area contributed by atoms with E-state index in [-0.39, 0.29) is 11.8 Å². The van der Waals surface area contributed by atoms with Crippen molar-refractivity contribution in [1.29, 1.82) is 0 Å². The zero-order valence-corrected chi connectivity index (χ0v) is 15.4. The quantitative estimate of drug-likeness (QED) is 0.622. The van der Waals surface area contributed by atoms with Gasteiger partial charge in [-0.25, -0.2) is 9.18 Å². The number of hydrogen-bond donors (Lipinski definition) is 2. The molecule has 0 fully saturated rings. The molecule has 0 bridgehead atoms. The molecule has 1 heterocycles. The predicted octanol–water partition coefficient (Wildman–Crippen LogP) is 3.82. The monoisotopic (exact) mass is 366 g/mol. The number of carbonyl (C=O) groups excluding carboxylic acids is 1. The van der Waals surface area contributed by atoms with Gasteiger partial charge >= 0.3 is 5.97 Å². The molecule has 1 aromatic heterocycles. The van der Waals surface area contributed by atoms with E-state index in [0.29, 0.717) is 28.6 Å². The number of hydrogen-bond acceptors (Lipinski definition) is 4. The SMILES string of the molecule is COC(=O)c1c(NC(=S)NCCc2ccc(F)cc2)sc(C)c1C. The number of thiocarbonyl (C=S) groups is 1. The van der Waals surface area contributed by atoms with Crippen molar-refractivity contribution in [1.82, 2.24) is 5.32 Å². The van der Waals surface area contributed by atoms with Gasteiger partial charge in [-0.1, -0.05) is 12.1 Å². The Hall–Kier alpha value is -1.99. The fourth-order valence-corrected chi connectivity index (χ4v) is 3.50. The van der Waals surface area contributed by atoms with Crippen LogP contribution in [0, 0.1) is 19.7 Å². The van der Waals surface area contributed by atoms with Crippen molar-refractivity contribution in [3.63, 3.8) is 0 Å². The summed E-state index contributed by atoms with van der Waals surface area (Å²) in [7, 11) is 1.36. The fourth-order valence-electron chi connectivity index (χ4n) is 2.18. The van der Waals surface area contributed by atoms with Crippen LogP contribution in [0.15, 0.2) is 24.3 Å². The smallest absolute Gasteiger partial charge is 0.341 e. The summed E-state index contributed by atoms with van der Waals surface area (Å²) in [6, 6.07) is 6.36. The fraction of sp³-hybridized carbons (Fsp3) is 0.294. The van der Waals surface area contributed by atoms with Crippen molar-refractivity contribution < 1.29 is 13.9 Å². The van der Waals surface area contributed by atoms with Crippen LogP contribution in [0.2, 0.25) is 0 Å². The van der Waals surface area contributed by atoms with E-state index >= 15 is 0 Å². The van der Waals surface area contributed by atoms with Gasteiger partial charge in [0.15, 0.2) is 5.11 Å². The third-order valence-corrected chi connectivity index (χ3v) is 4.98. The largest absolute Gasteiger partial charge is 0.465 e. The Labute approximate surface area is 150 Å². The first-order valence-electron chi connectivity index (χ1n) is 7.40. The van der Waals surface area contributed by atoms with Gasteiger partial charge < -0.3 is 15.4 Å². The molecule has 0 atom stereocenters. The Morgan fingerprint density at radius 2 is 1.96 bits per heavy atom. The summed E-state index contributed by atoms with van der Waals surface area (Å²) in [6.07, 6.45) is 0.717. The molecule has 0 spiro atoms. The van der Waals surface area contributed by atoms with Gasteiger partial charge in [0.25, 0.3) is 0 Å². The Kier molecular flexibility index (Phi) is 6.28. The second kappa shape index (κ2) is 8.21. The number of esters is 1. The maximum atomic E-state index is 12.9. The minimum atomic E-state index is -0.381. The average Bonchev–Trinajstić information content (AvgIpc) is 2.83. The highest BCUT2D eigenvalue weighted by Crippen LogP contribution is 2.32. The number of halogens is 1. The van der Waals surface area contributed by atoms with Crippen molar-refractivity contribution >= 4 is 39.6 Å². The highest BCUT2D eigenvalue weighted by molar-refractivity contribution is 7.80. The van der Waals surface area contributed by atoms with Gasteiger partial charge in [0, 0.05) is 11.4 Å². The van der Waals surface area contributed by atoms with Crippen molar-refractivity contribution in [2.45, 2.75) is 20.3 Å². The van der Waals surface area contributed by atoms with Crippen LogP contribution < -0.4 is 10.6 Å². The Balaban J connectivity index is 1.94. The summed E-state index contributed by atoms with van der Waals surface area (Å²) >= 11 is 6.74. The number of nitrogens with one attached hydrogen (secondary N) is 2. The number of ether oxygens (including phenoxy) is 1. The van der Waals surface area contributed by atoms with Crippen LogP contribution in [-0.2, 0) is 11.2 Å². The molecule has 2 rings (SSSR count). The lowest BCUT2D eigenvalue weighted by Crippen LogP contribution is -2.30. The molecule has 0 amide bonds. The van der Waals surface area contributed by atoms with Gasteiger partial charge in [-0.15, -0.1) is 11.3 Å². The lowest BCUT2D eigenvalue weighted by atomic mass is 10.1. The van der Waals surface area contributed by atoms with Gasteiger partial charge in [-0.2, -0.15) is 0 Å². The molecule has 24 heavy (non-hydrogen) atoms. The first-order valence-corrected chi connectivity index (χ1v) is 8.62. The molecule has 2 aromatic rings. The van der Waals surface area contributed by atoms with E-state index < -0.39 is 0 Å². The van der Waals surface area contributed by atoms with Crippen LogP contribution in [-0.4, -0.2) is 24.7 Å². The molecule has 1 aromatic carbocycles. The molecule has 7 heteroatoms. The van der Waals surface area contributed by atoms with Crippen LogP contribution in [0.4, 0.5) is 9.39 Å². The molecule has 0 saturated carbocycles. The zero-order valence-electron chi connectivity index (χ0n) is 13.7. The van der Waals surface area contributed by atoms with E-state index in [0.717, 1.165) is 16.0 Å². The Morgan fingerprint density at radius 1 is 1.29 bits per heavy atom. The molecule has 4 nitrogen and oxygen atoms in total. The number of methoxy groups -OCH3 is 1. The molecule has 0 aliphatic carbocycles. The number of anilines is 1. The maximum Gasteiger partial charge on any atom is 0.341 e. The maximum absolute atomic E-state index is 12.9.